The number of hydrogen-bond donors (Lipinski definition) is 0. The van der Waals surface area contributed by atoms with Gasteiger partial charge in [-0.05, 0) is 28.8 Å². The summed E-state index contributed by atoms with van der Waals surface area (Å²) >= 11 is 2.04. The molecule has 0 spiro atoms. The van der Waals surface area contributed by atoms with Crippen molar-refractivity contribution in [2.75, 3.05) is 5.75 Å². The number of thioether (sulfide) groups is 1. The minimum absolute atomic E-state index is 0.764. The topological polar surface area (TPSA) is 0 Å². The second kappa shape index (κ2) is 3.03. The first-order chi connectivity index (χ1) is 6.86. The van der Waals surface area contributed by atoms with Gasteiger partial charge in [0.05, 0.1) is 0 Å². The lowest BCUT2D eigenvalue weighted by Gasteiger charge is -2.06. The molecule has 0 saturated carbocycles. The highest BCUT2D eigenvalue weighted by atomic mass is 32.2. The van der Waals surface area contributed by atoms with Crippen LogP contribution < -0.4 is 0 Å². The maximum Gasteiger partial charge on any atom is 0.0394 e. The van der Waals surface area contributed by atoms with Gasteiger partial charge < -0.3 is 0 Å². The van der Waals surface area contributed by atoms with Gasteiger partial charge in [-0.3, -0.25) is 0 Å². The van der Waals surface area contributed by atoms with Crippen LogP contribution in [0.1, 0.15) is 16.4 Å². The van der Waals surface area contributed by atoms with E-state index in [0.29, 0.717) is 0 Å². The molecule has 1 heteroatoms. The molecular weight excluding hydrogens is 188 g/mol. The average Bonchev–Trinajstić information content (AvgIpc) is 3.03. The molecule has 14 heavy (non-hydrogen) atoms. The Labute approximate surface area is 88.3 Å². The molecule has 2 aromatic rings. The summed E-state index contributed by atoms with van der Waals surface area (Å²) in [5.41, 5.74) is 2.91. The summed E-state index contributed by atoms with van der Waals surface area (Å²) in [4.78, 5) is 0. The van der Waals surface area contributed by atoms with Crippen LogP contribution in [0.25, 0.3) is 10.8 Å². The van der Waals surface area contributed by atoms with Gasteiger partial charge >= 0.3 is 0 Å². The normalized spacial score (nSPS) is 19.9. The second-order valence-corrected chi connectivity index (χ2v) is 5.07. The quantitative estimate of drug-likeness (QED) is 0.628. The summed E-state index contributed by atoms with van der Waals surface area (Å²) in [6.45, 7) is 2.19. The lowest BCUT2D eigenvalue weighted by Crippen LogP contribution is -1.85. The van der Waals surface area contributed by atoms with E-state index in [1.807, 2.05) is 11.8 Å². The third-order valence-corrected chi connectivity index (χ3v) is 3.78. The molecule has 3 rings (SSSR count). The molecule has 0 aliphatic carbocycles. The fourth-order valence-electron chi connectivity index (χ4n) is 1.98. The average molecular weight is 200 g/mol. The van der Waals surface area contributed by atoms with Gasteiger partial charge in [-0.25, -0.2) is 0 Å². The minimum atomic E-state index is 0.764. The number of aryl methyl sites for hydroxylation is 1. The van der Waals surface area contributed by atoms with E-state index >= 15 is 0 Å². The van der Waals surface area contributed by atoms with Gasteiger partial charge in [-0.15, -0.1) is 0 Å². The van der Waals surface area contributed by atoms with Crippen molar-refractivity contribution in [1.82, 2.24) is 0 Å². The Morgan fingerprint density at radius 3 is 2.50 bits per heavy atom. The third-order valence-electron chi connectivity index (χ3n) is 2.86. The van der Waals surface area contributed by atoms with E-state index in [-0.39, 0.29) is 0 Å². The van der Waals surface area contributed by atoms with Crippen LogP contribution in [0.5, 0.6) is 0 Å². The highest BCUT2D eigenvalue weighted by molar-refractivity contribution is 8.06. The Morgan fingerprint density at radius 2 is 1.79 bits per heavy atom. The zero-order valence-corrected chi connectivity index (χ0v) is 8.97. The smallest absolute Gasteiger partial charge is 0.0394 e. The van der Waals surface area contributed by atoms with Gasteiger partial charge in [0, 0.05) is 11.0 Å². The first kappa shape index (κ1) is 8.37. The maximum atomic E-state index is 2.29. The molecule has 0 nitrogen and oxygen atoms in total. The molecule has 1 aliphatic heterocycles. The van der Waals surface area contributed by atoms with Crippen molar-refractivity contribution in [3.63, 3.8) is 0 Å². The van der Waals surface area contributed by atoms with Crippen LogP contribution in [0.3, 0.4) is 0 Å². The van der Waals surface area contributed by atoms with Crippen LogP contribution in [0.15, 0.2) is 36.4 Å². The Hall–Kier alpha value is -0.950. The molecule has 1 unspecified atom stereocenters. The van der Waals surface area contributed by atoms with Crippen molar-refractivity contribution >= 4 is 22.5 Å². The molecule has 1 fully saturated rings. The molecule has 0 radical (unpaired) electrons. The van der Waals surface area contributed by atoms with Crippen LogP contribution in [0.2, 0.25) is 0 Å². The first-order valence-electron chi connectivity index (χ1n) is 4.96. The Balaban J connectivity index is 2.35. The molecule has 0 aromatic heterocycles. The number of fused-ring (bicyclic) bond motifs is 1. The highest BCUT2D eigenvalue weighted by Gasteiger charge is 2.26. The third kappa shape index (κ3) is 1.24. The second-order valence-electron chi connectivity index (χ2n) is 3.84. The van der Waals surface area contributed by atoms with Crippen LogP contribution in [0, 0.1) is 6.92 Å². The zero-order chi connectivity index (χ0) is 9.54. The van der Waals surface area contributed by atoms with E-state index in [4.69, 9.17) is 0 Å². The SMILES string of the molecule is Cc1ccc(C2CS2)c2ccccc12. The van der Waals surface area contributed by atoms with Crippen LogP contribution >= 0.6 is 11.8 Å². The number of hydrogen-bond acceptors (Lipinski definition) is 1. The molecule has 1 atom stereocenters. The van der Waals surface area contributed by atoms with E-state index in [9.17, 15) is 0 Å². The molecule has 2 aromatic carbocycles. The summed E-state index contributed by atoms with van der Waals surface area (Å²) in [5.74, 6) is 1.30. The Morgan fingerprint density at radius 1 is 1.07 bits per heavy atom. The molecule has 1 saturated heterocycles. The highest BCUT2D eigenvalue weighted by Crippen LogP contribution is 2.48. The summed E-state index contributed by atoms with van der Waals surface area (Å²) in [5, 5.41) is 3.63. The predicted molar refractivity (Wildman–Crippen MR) is 63.9 cm³/mol. The van der Waals surface area contributed by atoms with Crippen molar-refractivity contribution in [3.05, 3.63) is 47.5 Å². The Kier molecular flexibility index (Phi) is 1.81. The summed E-state index contributed by atoms with van der Waals surface area (Å²) in [6.07, 6.45) is 0. The molecule has 0 amide bonds. The monoisotopic (exact) mass is 200 g/mol. The van der Waals surface area contributed by atoms with Crippen molar-refractivity contribution < 1.29 is 0 Å². The minimum Gasteiger partial charge on any atom is -0.151 e. The number of rotatable bonds is 1. The standard InChI is InChI=1S/C13H12S/c1-9-6-7-12(13-8-14-13)11-5-3-2-4-10(9)11/h2-7,13H,8H2,1H3. The van der Waals surface area contributed by atoms with E-state index in [1.165, 1.54) is 27.7 Å². The zero-order valence-electron chi connectivity index (χ0n) is 8.16. The van der Waals surface area contributed by atoms with Gasteiger partial charge in [0.2, 0.25) is 0 Å². The fraction of sp³-hybridized carbons (Fsp3) is 0.231. The molecular formula is C13H12S. The van der Waals surface area contributed by atoms with Crippen molar-refractivity contribution in [1.29, 1.82) is 0 Å². The summed E-state index contributed by atoms with van der Waals surface area (Å²) in [6, 6.07) is 13.3. The summed E-state index contributed by atoms with van der Waals surface area (Å²) in [7, 11) is 0. The molecule has 1 aliphatic rings. The van der Waals surface area contributed by atoms with E-state index in [1.54, 1.807) is 0 Å². The fourth-order valence-corrected chi connectivity index (χ4v) is 2.64. The largest absolute Gasteiger partial charge is 0.151 e. The van der Waals surface area contributed by atoms with Gasteiger partial charge in [-0.1, -0.05) is 36.4 Å². The van der Waals surface area contributed by atoms with Crippen LogP contribution in [-0.2, 0) is 0 Å². The van der Waals surface area contributed by atoms with Gasteiger partial charge in [-0.2, -0.15) is 11.8 Å². The van der Waals surface area contributed by atoms with Gasteiger partial charge in [0.25, 0.3) is 0 Å². The molecule has 0 N–H and O–H groups in total. The molecule has 0 bridgehead atoms. The number of benzene rings is 2. The molecule has 1 heterocycles. The van der Waals surface area contributed by atoms with Gasteiger partial charge in [0.1, 0.15) is 0 Å². The maximum absolute atomic E-state index is 2.29. The van der Waals surface area contributed by atoms with Crippen molar-refractivity contribution in [3.8, 4) is 0 Å². The lowest BCUT2D eigenvalue weighted by atomic mass is 9.99. The van der Waals surface area contributed by atoms with E-state index < -0.39 is 0 Å². The van der Waals surface area contributed by atoms with Crippen LogP contribution in [-0.4, -0.2) is 5.75 Å². The Bertz CT molecular complexity index is 484. The van der Waals surface area contributed by atoms with E-state index in [0.717, 1.165) is 5.25 Å². The van der Waals surface area contributed by atoms with E-state index in [2.05, 4.69) is 43.3 Å². The lowest BCUT2D eigenvalue weighted by molar-refractivity contribution is 1.25. The van der Waals surface area contributed by atoms with Crippen LogP contribution in [0.4, 0.5) is 0 Å². The predicted octanol–water partition coefficient (Wildman–Crippen LogP) is 3.94. The summed E-state index contributed by atoms with van der Waals surface area (Å²) < 4.78 is 0. The van der Waals surface area contributed by atoms with Gasteiger partial charge in [0.15, 0.2) is 0 Å². The first-order valence-corrected chi connectivity index (χ1v) is 6.01. The molecule has 70 valence electrons. The van der Waals surface area contributed by atoms with Crippen molar-refractivity contribution in [2.24, 2.45) is 0 Å². The van der Waals surface area contributed by atoms with Crippen molar-refractivity contribution in [2.45, 2.75) is 12.2 Å².